The Morgan fingerprint density at radius 2 is 1.95 bits per heavy atom. The monoisotopic (exact) mass is 308 g/mol. The Hall–Kier alpha value is -1.68. The van der Waals surface area contributed by atoms with E-state index in [1.54, 1.807) is 20.4 Å². The number of hydrogen-bond donors (Lipinski definition) is 1. The second kappa shape index (κ2) is 7.36. The van der Waals surface area contributed by atoms with Crippen LogP contribution in [0.25, 0.3) is 10.8 Å². The molecule has 4 nitrogen and oxygen atoms in total. The molecule has 5 heteroatoms. The van der Waals surface area contributed by atoms with Crippen molar-refractivity contribution in [1.82, 2.24) is 4.98 Å². The zero-order valence-electron chi connectivity index (χ0n) is 12.6. The average molecular weight is 309 g/mol. The summed E-state index contributed by atoms with van der Waals surface area (Å²) >= 11 is 5.95. The summed E-state index contributed by atoms with van der Waals surface area (Å²) in [4.78, 5) is 4.41. The van der Waals surface area contributed by atoms with Gasteiger partial charge in [0.2, 0.25) is 0 Å². The van der Waals surface area contributed by atoms with Gasteiger partial charge in [0.05, 0.1) is 14.2 Å². The van der Waals surface area contributed by atoms with Crippen molar-refractivity contribution in [2.45, 2.75) is 25.1 Å². The van der Waals surface area contributed by atoms with Crippen molar-refractivity contribution in [2.24, 2.45) is 0 Å². The normalized spacial score (nSPS) is 12.2. The van der Waals surface area contributed by atoms with Crippen molar-refractivity contribution in [3.05, 3.63) is 24.4 Å². The highest BCUT2D eigenvalue weighted by atomic mass is 35.5. The van der Waals surface area contributed by atoms with E-state index in [0.717, 1.165) is 41.7 Å². The molecule has 0 spiro atoms. The first-order valence-corrected chi connectivity index (χ1v) is 7.48. The van der Waals surface area contributed by atoms with E-state index in [4.69, 9.17) is 21.1 Å². The van der Waals surface area contributed by atoms with Gasteiger partial charge in [-0.15, -0.1) is 11.6 Å². The number of rotatable bonds is 7. The maximum absolute atomic E-state index is 5.95. The van der Waals surface area contributed by atoms with Crippen LogP contribution in [-0.4, -0.2) is 31.1 Å². The van der Waals surface area contributed by atoms with Crippen LogP contribution in [0.5, 0.6) is 11.5 Å². The second-order valence-electron chi connectivity index (χ2n) is 4.94. The van der Waals surface area contributed by atoms with Crippen LogP contribution >= 0.6 is 11.6 Å². The van der Waals surface area contributed by atoms with Gasteiger partial charge < -0.3 is 14.8 Å². The molecule has 2 aromatic rings. The summed E-state index contributed by atoms with van der Waals surface area (Å²) in [6.45, 7) is 2.85. The third kappa shape index (κ3) is 3.91. The van der Waals surface area contributed by atoms with Crippen LogP contribution in [-0.2, 0) is 0 Å². The molecule has 21 heavy (non-hydrogen) atoms. The first-order chi connectivity index (χ1) is 10.2. The fraction of sp³-hybridized carbons (Fsp3) is 0.438. The van der Waals surface area contributed by atoms with Crippen LogP contribution in [0.2, 0.25) is 0 Å². The molecule has 2 rings (SSSR count). The van der Waals surface area contributed by atoms with Gasteiger partial charge in [0, 0.05) is 23.5 Å². The molecule has 0 aliphatic carbocycles. The van der Waals surface area contributed by atoms with E-state index in [-0.39, 0.29) is 5.38 Å². The van der Waals surface area contributed by atoms with Gasteiger partial charge in [0.15, 0.2) is 11.5 Å². The van der Waals surface area contributed by atoms with Crippen LogP contribution in [0.3, 0.4) is 0 Å². The van der Waals surface area contributed by atoms with Crippen LogP contribution in [0.15, 0.2) is 24.4 Å². The van der Waals surface area contributed by atoms with Crippen molar-refractivity contribution >= 4 is 28.2 Å². The minimum atomic E-state index is 0.205. The molecule has 1 aromatic heterocycles. The molecule has 0 aliphatic heterocycles. The maximum atomic E-state index is 5.95. The molecule has 1 unspecified atom stereocenters. The Morgan fingerprint density at radius 3 is 2.62 bits per heavy atom. The number of nitrogens with one attached hydrogen (secondary N) is 1. The number of pyridine rings is 1. The van der Waals surface area contributed by atoms with E-state index in [1.165, 1.54) is 0 Å². The number of alkyl halides is 1. The highest BCUT2D eigenvalue weighted by molar-refractivity contribution is 6.20. The summed E-state index contributed by atoms with van der Waals surface area (Å²) in [6.07, 6.45) is 3.78. The molecule has 1 aromatic carbocycles. The lowest BCUT2D eigenvalue weighted by molar-refractivity contribution is 0.356. The fourth-order valence-corrected chi connectivity index (χ4v) is 2.38. The van der Waals surface area contributed by atoms with E-state index in [0.29, 0.717) is 5.75 Å². The molecule has 0 bridgehead atoms. The highest BCUT2D eigenvalue weighted by Gasteiger charge is 2.09. The molecular formula is C16H21ClN2O2. The minimum Gasteiger partial charge on any atom is -0.493 e. The summed E-state index contributed by atoms with van der Waals surface area (Å²) in [5.41, 5.74) is 0. The molecule has 1 atom stereocenters. The SMILES string of the molecule is COc1cc2ccnc(NCCCC(C)Cl)c2cc1OC. The second-order valence-corrected chi connectivity index (χ2v) is 5.68. The minimum absolute atomic E-state index is 0.205. The molecule has 0 saturated carbocycles. The number of ether oxygens (including phenoxy) is 2. The zero-order valence-corrected chi connectivity index (χ0v) is 13.4. The van der Waals surface area contributed by atoms with Gasteiger partial charge in [-0.25, -0.2) is 4.98 Å². The molecular weight excluding hydrogens is 288 g/mol. The van der Waals surface area contributed by atoms with Gasteiger partial charge in [-0.1, -0.05) is 0 Å². The smallest absolute Gasteiger partial charge is 0.161 e. The number of methoxy groups -OCH3 is 2. The average Bonchev–Trinajstić information content (AvgIpc) is 2.49. The summed E-state index contributed by atoms with van der Waals surface area (Å²) in [5.74, 6) is 2.28. The number of fused-ring (bicyclic) bond motifs is 1. The Labute approximate surface area is 130 Å². The van der Waals surface area contributed by atoms with Crippen LogP contribution in [0.1, 0.15) is 19.8 Å². The Balaban J connectivity index is 2.23. The van der Waals surface area contributed by atoms with Gasteiger partial charge in [0.25, 0.3) is 0 Å². The van der Waals surface area contributed by atoms with Gasteiger partial charge >= 0.3 is 0 Å². The predicted molar refractivity (Wildman–Crippen MR) is 87.9 cm³/mol. The van der Waals surface area contributed by atoms with Crippen LogP contribution < -0.4 is 14.8 Å². The number of anilines is 1. The van der Waals surface area contributed by atoms with Crippen molar-refractivity contribution in [1.29, 1.82) is 0 Å². The van der Waals surface area contributed by atoms with Crippen molar-refractivity contribution in [3.63, 3.8) is 0 Å². The lowest BCUT2D eigenvalue weighted by atomic mass is 10.1. The largest absolute Gasteiger partial charge is 0.493 e. The quantitative estimate of drug-likeness (QED) is 0.618. The van der Waals surface area contributed by atoms with Crippen LogP contribution in [0, 0.1) is 0 Å². The van der Waals surface area contributed by atoms with Gasteiger partial charge in [-0.2, -0.15) is 0 Å². The number of halogens is 1. The van der Waals surface area contributed by atoms with E-state index < -0.39 is 0 Å². The van der Waals surface area contributed by atoms with Crippen molar-refractivity contribution in [3.8, 4) is 11.5 Å². The van der Waals surface area contributed by atoms with E-state index >= 15 is 0 Å². The fourth-order valence-electron chi connectivity index (χ4n) is 2.23. The topological polar surface area (TPSA) is 43.4 Å². The molecule has 1 heterocycles. The zero-order chi connectivity index (χ0) is 15.2. The summed E-state index contributed by atoms with van der Waals surface area (Å²) in [5, 5.41) is 5.66. The molecule has 0 fully saturated rings. The predicted octanol–water partition coefficient (Wildman–Crippen LogP) is 4.07. The third-order valence-electron chi connectivity index (χ3n) is 3.34. The first-order valence-electron chi connectivity index (χ1n) is 7.04. The maximum Gasteiger partial charge on any atom is 0.161 e. The molecule has 0 aliphatic rings. The standard InChI is InChI=1S/C16H21ClN2O2/c1-11(17)5-4-7-18-16-13-10-15(21-3)14(20-2)9-12(13)6-8-19-16/h6,8-11H,4-5,7H2,1-3H3,(H,18,19). The molecule has 0 radical (unpaired) electrons. The van der Waals surface area contributed by atoms with E-state index in [9.17, 15) is 0 Å². The molecule has 114 valence electrons. The Bertz CT molecular complexity index is 602. The van der Waals surface area contributed by atoms with Crippen molar-refractivity contribution in [2.75, 3.05) is 26.1 Å². The van der Waals surface area contributed by atoms with Gasteiger partial charge in [-0.3, -0.25) is 0 Å². The molecule has 0 saturated heterocycles. The summed E-state index contributed by atoms with van der Waals surface area (Å²) in [7, 11) is 3.27. The number of nitrogens with zero attached hydrogens (tertiary/aromatic N) is 1. The lowest BCUT2D eigenvalue weighted by Crippen LogP contribution is -2.05. The van der Waals surface area contributed by atoms with Gasteiger partial charge in [0.1, 0.15) is 5.82 Å². The summed E-state index contributed by atoms with van der Waals surface area (Å²) < 4.78 is 10.7. The van der Waals surface area contributed by atoms with E-state index in [2.05, 4.69) is 10.3 Å². The molecule has 1 N–H and O–H groups in total. The third-order valence-corrected chi connectivity index (χ3v) is 3.56. The number of aromatic nitrogens is 1. The van der Waals surface area contributed by atoms with Crippen molar-refractivity contribution < 1.29 is 9.47 Å². The number of benzene rings is 1. The Morgan fingerprint density at radius 1 is 1.24 bits per heavy atom. The van der Waals surface area contributed by atoms with Crippen LogP contribution in [0.4, 0.5) is 5.82 Å². The highest BCUT2D eigenvalue weighted by Crippen LogP contribution is 2.34. The van der Waals surface area contributed by atoms with Gasteiger partial charge in [-0.05, 0) is 43.4 Å². The van der Waals surface area contributed by atoms with E-state index in [1.807, 2.05) is 25.1 Å². The summed E-state index contributed by atoms with van der Waals surface area (Å²) in [6, 6.07) is 5.87. The number of hydrogen-bond acceptors (Lipinski definition) is 4. The molecule has 0 amide bonds. The lowest BCUT2D eigenvalue weighted by Gasteiger charge is -2.12. The first kappa shape index (κ1) is 15.7. The Kier molecular flexibility index (Phi) is 5.51.